The fourth-order valence-electron chi connectivity index (χ4n) is 4.31. The van der Waals surface area contributed by atoms with E-state index in [1.807, 2.05) is 45.2 Å². The summed E-state index contributed by atoms with van der Waals surface area (Å²) < 4.78 is 27.4. The molecule has 1 aromatic carbocycles. The molecule has 1 aliphatic heterocycles. The van der Waals surface area contributed by atoms with Gasteiger partial charge in [0.2, 0.25) is 0 Å². The van der Waals surface area contributed by atoms with Gasteiger partial charge < -0.3 is 10.2 Å². The molecule has 10 heteroatoms. The molecule has 0 radical (unpaired) electrons. The van der Waals surface area contributed by atoms with E-state index in [0.29, 0.717) is 41.4 Å². The van der Waals surface area contributed by atoms with Crippen molar-refractivity contribution < 1.29 is 8.42 Å². The lowest BCUT2D eigenvalue weighted by atomic mass is 10.1. The van der Waals surface area contributed by atoms with Gasteiger partial charge in [-0.15, -0.1) is 4.98 Å². The average molecular weight is 512 g/mol. The van der Waals surface area contributed by atoms with Gasteiger partial charge in [0.15, 0.2) is 9.84 Å². The van der Waals surface area contributed by atoms with Crippen LogP contribution in [0.2, 0.25) is 0 Å². The molecule has 0 atom stereocenters. The first-order valence-corrected chi connectivity index (χ1v) is 13.5. The maximum Gasteiger partial charge on any atom is 0.269 e. The summed E-state index contributed by atoms with van der Waals surface area (Å²) >= 11 is 0. The summed E-state index contributed by atoms with van der Waals surface area (Å²) in [7, 11) is -1.71. The van der Waals surface area contributed by atoms with Gasteiger partial charge in [0.25, 0.3) is 5.82 Å². The van der Waals surface area contributed by atoms with E-state index in [0.717, 1.165) is 34.1 Å². The molecule has 0 amide bonds. The number of hydrogen-bond donors (Lipinski definition) is 1. The number of aryl methyl sites for hydroxylation is 2. The number of sulfone groups is 1. The number of aromatic nitrogens is 4. The highest BCUT2D eigenvalue weighted by Crippen LogP contribution is 2.38. The Hall–Kier alpha value is -4.36. The zero-order valence-corrected chi connectivity index (χ0v) is 21.8. The molecule has 3 aromatic heterocycles. The quantitative estimate of drug-likeness (QED) is 0.360. The van der Waals surface area contributed by atoms with Crippen molar-refractivity contribution in [3.63, 3.8) is 0 Å². The zero-order chi connectivity index (χ0) is 26.3. The molecule has 37 heavy (non-hydrogen) atoms. The monoisotopic (exact) mass is 511 g/mol. The van der Waals surface area contributed by atoms with Crippen LogP contribution in [0.25, 0.3) is 16.1 Å². The number of pyridine rings is 2. The van der Waals surface area contributed by atoms with Gasteiger partial charge in [0.1, 0.15) is 11.4 Å². The number of aliphatic imine (C=N–C) groups is 1. The predicted molar refractivity (Wildman–Crippen MR) is 144 cm³/mol. The molecule has 5 rings (SSSR count). The van der Waals surface area contributed by atoms with Gasteiger partial charge in [-0.05, 0) is 50.2 Å². The van der Waals surface area contributed by atoms with Gasteiger partial charge in [0, 0.05) is 36.7 Å². The van der Waals surface area contributed by atoms with Crippen LogP contribution in [0.3, 0.4) is 0 Å². The third kappa shape index (κ3) is 4.99. The van der Waals surface area contributed by atoms with E-state index < -0.39 is 9.84 Å². The Balaban J connectivity index is 1.56. The topological polar surface area (TPSA) is 106 Å². The highest BCUT2D eigenvalue weighted by Gasteiger charge is 2.22. The highest BCUT2D eigenvalue weighted by atomic mass is 32.2. The molecule has 0 unspecified atom stereocenters. The van der Waals surface area contributed by atoms with Crippen LogP contribution in [0, 0.1) is 13.5 Å². The zero-order valence-electron chi connectivity index (χ0n) is 20.9. The maximum atomic E-state index is 12.8. The first kappa shape index (κ1) is 24.3. The minimum absolute atomic E-state index is 0.172. The number of benzene rings is 1. The van der Waals surface area contributed by atoms with Gasteiger partial charge >= 0.3 is 0 Å². The molecule has 0 aliphatic carbocycles. The molecule has 1 aliphatic rings. The Kier molecular flexibility index (Phi) is 6.09. The van der Waals surface area contributed by atoms with Crippen molar-refractivity contribution in [2.24, 2.45) is 12.0 Å². The Morgan fingerprint density at radius 1 is 1.05 bits per heavy atom. The largest absolute Gasteiger partial charge is 0.361 e. The third-order valence-electron chi connectivity index (χ3n) is 6.17. The number of rotatable bonds is 6. The Bertz CT molecular complexity index is 1710. The second kappa shape index (κ2) is 9.26. The van der Waals surface area contributed by atoms with Crippen LogP contribution in [-0.2, 0) is 29.7 Å². The Morgan fingerprint density at radius 2 is 1.86 bits per heavy atom. The fraction of sp³-hybridized carbons (Fsp3) is 0.222. The maximum absolute atomic E-state index is 12.8. The summed E-state index contributed by atoms with van der Waals surface area (Å²) in [6.07, 6.45) is 2.24. The third-order valence-corrected chi connectivity index (χ3v) is 7.31. The number of nitrogens with zero attached hydrogens (tertiary/aromatic N) is 6. The normalized spacial score (nSPS) is 12.7. The molecule has 0 fully saturated rings. The van der Waals surface area contributed by atoms with Gasteiger partial charge in [-0.1, -0.05) is 18.7 Å². The number of hydrogen-bond acceptors (Lipinski definition) is 7. The summed E-state index contributed by atoms with van der Waals surface area (Å²) in [5, 5.41) is 7.81. The summed E-state index contributed by atoms with van der Waals surface area (Å²) in [5.74, 6) is 0.331. The molecular weight excluding hydrogens is 486 g/mol. The lowest BCUT2D eigenvalue weighted by Crippen LogP contribution is -2.05. The minimum Gasteiger partial charge on any atom is -0.361 e. The van der Waals surface area contributed by atoms with Gasteiger partial charge in [-0.2, -0.15) is 5.10 Å². The number of fused-ring (bicyclic) bond motifs is 1. The summed E-state index contributed by atoms with van der Waals surface area (Å²) in [5.41, 5.74) is 7.45. The lowest BCUT2D eigenvalue weighted by Gasteiger charge is -2.15. The summed E-state index contributed by atoms with van der Waals surface area (Å²) in [6.45, 7) is 11.1. The van der Waals surface area contributed by atoms with Crippen molar-refractivity contribution in [3.05, 3.63) is 82.7 Å². The van der Waals surface area contributed by atoms with Crippen LogP contribution < -0.4 is 5.32 Å². The van der Waals surface area contributed by atoms with Crippen molar-refractivity contribution in [2.75, 3.05) is 11.6 Å². The molecule has 4 heterocycles. The van der Waals surface area contributed by atoms with Gasteiger partial charge in [-0.3, -0.25) is 14.7 Å². The standard InChI is InChI=1S/C27H25N7O2S/c1-16-11-23-27(29-16)24(15-20(30-23)14-19-7-6-8-26(28-3)31-19)32-21-10-9-18(13-25(21)37(5,35)36)22-12-17(2)34(4)33-22/h6-10,12-13,15H,11,14H2,1-2,4-5H3,(H,30,32). The van der Waals surface area contributed by atoms with Gasteiger partial charge in [-0.25, -0.2) is 8.42 Å². The van der Waals surface area contributed by atoms with E-state index in [1.165, 1.54) is 6.26 Å². The van der Waals surface area contributed by atoms with Gasteiger partial charge in [0.05, 0.1) is 39.8 Å². The van der Waals surface area contributed by atoms with E-state index in [4.69, 9.17) is 11.6 Å². The molecular formula is C27H25N7O2S. The first-order valence-electron chi connectivity index (χ1n) is 11.6. The highest BCUT2D eigenvalue weighted by molar-refractivity contribution is 7.90. The summed E-state index contributed by atoms with van der Waals surface area (Å²) in [6, 6.07) is 14.4. The first-order chi connectivity index (χ1) is 17.6. The molecule has 0 saturated carbocycles. The molecule has 0 spiro atoms. The van der Waals surface area contributed by atoms with Crippen LogP contribution in [0.4, 0.5) is 22.9 Å². The van der Waals surface area contributed by atoms with E-state index in [9.17, 15) is 8.42 Å². The van der Waals surface area contributed by atoms with Crippen molar-refractivity contribution in [3.8, 4) is 11.3 Å². The van der Waals surface area contributed by atoms with E-state index >= 15 is 0 Å². The second-order valence-electron chi connectivity index (χ2n) is 9.16. The van der Waals surface area contributed by atoms with Crippen LogP contribution in [0.5, 0.6) is 0 Å². The molecule has 1 N–H and O–H groups in total. The van der Waals surface area contributed by atoms with Crippen LogP contribution in [0.1, 0.15) is 29.7 Å². The van der Waals surface area contributed by atoms with E-state index in [1.54, 1.807) is 28.9 Å². The van der Waals surface area contributed by atoms with Crippen LogP contribution in [0.15, 0.2) is 58.4 Å². The molecule has 0 saturated heterocycles. The van der Waals surface area contributed by atoms with E-state index in [-0.39, 0.29) is 4.90 Å². The number of nitrogens with one attached hydrogen (secondary N) is 1. The molecule has 186 valence electrons. The fourth-order valence-corrected chi connectivity index (χ4v) is 5.17. The SMILES string of the molecule is [C-]#[N+]c1cccc(Cc2cc(Nc3ccc(-c4cc(C)n(C)n4)cc3S(C)(=O)=O)c3c(n2)CC(C)=N3)n1. The van der Waals surface area contributed by atoms with Crippen molar-refractivity contribution in [1.82, 2.24) is 19.7 Å². The van der Waals surface area contributed by atoms with Crippen LogP contribution in [-0.4, -0.2) is 40.1 Å². The predicted octanol–water partition coefficient (Wildman–Crippen LogP) is 5.12. The molecule has 9 nitrogen and oxygen atoms in total. The minimum atomic E-state index is -3.57. The van der Waals surface area contributed by atoms with Crippen molar-refractivity contribution in [2.45, 2.75) is 31.6 Å². The molecule has 4 aromatic rings. The van der Waals surface area contributed by atoms with Crippen molar-refractivity contribution >= 4 is 38.4 Å². The van der Waals surface area contributed by atoms with Crippen molar-refractivity contribution in [1.29, 1.82) is 0 Å². The molecule has 0 bridgehead atoms. The Morgan fingerprint density at radius 3 is 2.57 bits per heavy atom. The average Bonchev–Trinajstić information content (AvgIpc) is 3.39. The van der Waals surface area contributed by atoms with Crippen LogP contribution >= 0.6 is 0 Å². The van der Waals surface area contributed by atoms with E-state index in [2.05, 4.69) is 25.2 Å². The number of anilines is 2. The smallest absolute Gasteiger partial charge is 0.269 e. The Labute approximate surface area is 215 Å². The summed E-state index contributed by atoms with van der Waals surface area (Å²) in [4.78, 5) is 17.4. The lowest BCUT2D eigenvalue weighted by molar-refractivity contribution is 0.602. The second-order valence-corrected chi connectivity index (χ2v) is 11.1.